The van der Waals surface area contributed by atoms with E-state index < -0.39 is 0 Å². The molecule has 1 atom stereocenters. The molecule has 1 aliphatic heterocycles. The maximum Gasteiger partial charge on any atom is 0.231 e. The number of ether oxygens (including phenoxy) is 1. The van der Waals surface area contributed by atoms with Gasteiger partial charge in [-0.3, -0.25) is 9.69 Å². The van der Waals surface area contributed by atoms with E-state index in [1.807, 2.05) is 34.5 Å². The lowest BCUT2D eigenvalue weighted by Gasteiger charge is -2.31. The highest BCUT2D eigenvalue weighted by Gasteiger charge is 2.33. The highest BCUT2D eigenvalue weighted by Crippen LogP contribution is 2.34. The topological polar surface area (TPSA) is 42.4 Å². The van der Waals surface area contributed by atoms with E-state index in [0.717, 1.165) is 59.6 Å². The maximum atomic E-state index is 12.9. The van der Waals surface area contributed by atoms with Gasteiger partial charge in [-0.1, -0.05) is 34.5 Å². The molecule has 132 valence electrons. The van der Waals surface area contributed by atoms with Gasteiger partial charge in [0.1, 0.15) is 0 Å². The number of rotatable bonds is 5. The molecule has 0 unspecified atom stereocenters. The molecule has 1 amide bonds. The van der Waals surface area contributed by atoms with Crippen molar-refractivity contribution in [1.82, 2.24) is 4.98 Å². The first-order valence-electron chi connectivity index (χ1n) is 8.85. The van der Waals surface area contributed by atoms with Crippen LogP contribution in [0.1, 0.15) is 32.1 Å². The van der Waals surface area contributed by atoms with E-state index in [-0.39, 0.29) is 17.9 Å². The molecule has 25 heavy (non-hydrogen) atoms. The Morgan fingerprint density at radius 1 is 1.24 bits per heavy atom. The average molecular weight is 421 g/mol. The van der Waals surface area contributed by atoms with E-state index in [1.54, 1.807) is 11.3 Å². The highest BCUT2D eigenvalue weighted by molar-refractivity contribution is 9.10. The van der Waals surface area contributed by atoms with Crippen LogP contribution in [0.15, 0.2) is 34.1 Å². The number of amides is 1. The number of anilines is 1. The third-order valence-corrected chi connectivity index (χ3v) is 6.39. The van der Waals surface area contributed by atoms with Crippen molar-refractivity contribution in [3.63, 3.8) is 0 Å². The zero-order valence-electron chi connectivity index (χ0n) is 14.0. The van der Waals surface area contributed by atoms with Crippen molar-refractivity contribution in [3.8, 4) is 11.3 Å². The quantitative estimate of drug-likeness (QED) is 0.691. The number of benzene rings is 1. The standard InChI is InChI=1S/C19H21BrN2O2S/c20-15-8-6-13(7-9-15)17-12-25-19(21-17)22(11-16-5-2-10-24-16)18(23)14-3-1-4-14/h6-9,12,14,16H,1-5,10-11H2/t16-/m1/s1. The molecule has 4 rings (SSSR count). The molecule has 6 heteroatoms. The summed E-state index contributed by atoms with van der Waals surface area (Å²) in [6.45, 7) is 1.43. The molecule has 1 saturated carbocycles. The fourth-order valence-corrected chi connectivity index (χ4v) is 4.38. The molecule has 1 aliphatic carbocycles. The van der Waals surface area contributed by atoms with Gasteiger partial charge in [0.15, 0.2) is 5.13 Å². The largest absolute Gasteiger partial charge is 0.376 e. The van der Waals surface area contributed by atoms with Crippen molar-refractivity contribution in [1.29, 1.82) is 0 Å². The molecule has 1 saturated heterocycles. The van der Waals surface area contributed by atoms with Gasteiger partial charge in [-0.05, 0) is 37.8 Å². The Balaban J connectivity index is 1.57. The number of thiazole rings is 1. The molecular formula is C19H21BrN2O2S. The summed E-state index contributed by atoms with van der Waals surface area (Å²) in [5.41, 5.74) is 1.99. The Morgan fingerprint density at radius 3 is 2.68 bits per heavy atom. The first-order chi connectivity index (χ1) is 12.2. The molecule has 2 heterocycles. The Morgan fingerprint density at radius 2 is 2.04 bits per heavy atom. The van der Waals surface area contributed by atoms with Crippen molar-refractivity contribution >= 4 is 38.3 Å². The van der Waals surface area contributed by atoms with Crippen LogP contribution in [-0.4, -0.2) is 30.1 Å². The fraction of sp³-hybridized carbons (Fsp3) is 0.474. The van der Waals surface area contributed by atoms with Gasteiger partial charge in [0, 0.05) is 27.9 Å². The number of halogens is 1. The summed E-state index contributed by atoms with van der Waals surface area (Å²) < 4.78 is 6.82. The molecule has 4 nitrogen and oxygen atoms in total. The minimum Gasteiger partial charge on any atom is -0.376 e. The normalized spacial score (nSPS) is 20.4. The molecule has 2 aliphatic rings. The van der Waals surface area contributed by atoms with Crippen molar-refractivity contribution in [3.05, 3.63) is 34.1 Å². The minimum atomic E-state index is 0.143. The summed E-state index contributed by atoms with van der Waals surface area (Å²) in [6, 6.07) is 8.11. The van der Waals surface area contributed by atoms with E-state index in [1.165, 1.54) is 0 Å². The highest BCUT2D eigenvalue weighted by atomic mass is 79.9. The summed E-state index contributed by atoms with van der Waals surface area (Å²) in [5, 5.41) is 2.83. The van der Waals surface area contributed by atoms with Crippen LogP contribution in [0, 0.1) is 5.92 Å². The summed E-state index contributed by atoms with van der Waals surface area (Å²) in [5.74, 6) is 0.389. The first-order valence-corrected chi connectivity index (χ1v) is 10.5. The zero-order chi connectivity index (χ0) is 17.2. The van der Waals surface area contributed by atoms with Crippen molar-refractivity contribution in [2.75, 3.05) is 18.1 Å². The Labute approximate surface area is 160 Å². The molecule has 2 fully saturated rings. The van der Waals surface area contributed by atoms with Gasteiger partial charge in [0.25, 0.3) is 0 Å². The number of aromatic nitrogens is 1. The molecule has 2 aromatic rings. The van der Waals surface area contributed by atoms with Gasteiger partial charge in [-0.15, -0.1) is 11.3 Å². The smallest absolute Gasteiger partial charge is 0.231 e. The van der Waals surface area contributed by atoms with Gasteiger partial charge >= 0.3 is 0 Å². The molecule has 0 spiro atoms. The van der Waals surface area contributed by atoms with E-state index in [9.17, 15) is 4.79 Å². The monoisotopic (exact) mass is 420 g/mol. The van der Waals surface area contributed by atoms with Gasteiger partial charge < -0.3 is 4.74 Å². The van der Waals surface area contributed by atoms with Crippen LogP contribution in [-0.2, 0) is 9.53 Å². The average Bonchev–Trinajstić information content (AvgIpc) is 3.23. The third-order valence-electron chi connectivity index (χ3n) is 4.99. The minimum absolute atomic E-state index is 0.143. The second-order valence-electron chi connectivity index (χ2n) is 6.73. The number of nitrogens with zero attached hydrogens (tertiary/aromatic N) is 2. The van der Waals surface area contributed by atoms with Crippen LogP contribution in [0.3, 0.4) is 0 Å². The SMILES string of the molecule is O=C(C1CCC1)N(C[C@H]1CCCO1)c1nc(-c2ccc(Br)cc2)cs1. The van der Waals surface area contributed by atoms with Crippen LogP contribution in [0.2, 0.25) is 0 Å². The first kappa shape index (κ1) is 17.2. The lowest BCUT2D eigenvalue weighted by Crippen LogP contribution is -2.43. The van der Waals surface area contributed by atoms with Crippen LogP contribution >= 0.6 is 27.3 Å². The maximum absolute atomic E-state index is 12.9. The molecule has 1 aromatic heterocycles. The van der Waals surface area contributed by atoms with Crippen LogP contribution in [0.4, 0.5) is 5.13 Å². The van der Waals surface area contributed by atoms with Gasteiger partial charge in [0.05, 0.1) is 18.3 Å². The summed E-state index contributed by atoms with van der Waals surface area (Å²) in [4.78, 5) is 19.6. The Hall–Kier alpha value is -1.24. The van der Waals surface area contributed by atoms with E-state index >= 15 is 0 Å². The number of carbonyl (C=O) groups excluding carboxylic acids is 1. The second-order valence-corrected chi connectivity index (χ2v) is 8.49. The second kappa shape index (κ2) is 7.56. The predicted octanol–water partition coefficient (Wildman–Crippen LogP) is 4.88. The van der Waals surface area contributed by atoms with Crippen LogP contribution < -0.4 is 4.90 Å². The fourth-order valence-electron chi connectivity index (χ4n) is 3.27. The third kappa shape index (κ3) is 3.81. The van der Waals surface area contributed by atoms with Crippen molar-refractivity contribution in [2.24, 2.45) is 5.92 Å². The lowest BCUT2D eigenvalue weighted by atomic mass is 9.84. The molecule has 0 radical (unpaired) electrons. The molecule has 0 N–H and O–H groups in total. The van der Waals surface area contributed by atoms with Crippen LogP contribution in [0.25, 0.3) is 11.3 Å². The molecular weight excluding hydrogens is 400 g/mol. The Bertz CT molecular complexity index is 736. The number of hydrogen-bond donors (Lipinski definition) is 0. The van der Waals surface area contributed by atoms with Crippen molar-refractivity contribution < 1.29 is 9.53 Å². The van der Waals surface area contributed by atoms with Crippen LogP contribution in [0.5, 0.6) is 0 Å². The summed E-state index contributed by atoms with van der Waals surface area (Å²) in [7, 11) is 0. The van der Waals surface area contributed by atoms with Gasteiger partial charge in [0.2, 0.25) is 5.91 Å². The lowest BCUT2D eigenvalue weighted by molar-refractivity contribution is -0.125. The number of carbonyl (C=O) groups is 1. The Kier molecular flexibility index (Phi) is 5.20. The zero-order valence-corrected chi connectivity index (χ0v) is 16.4. The van der Waals surface area contributed by atoms with E-state index in [0.29, 0.717) is 6.54 Å². The van der Waals surface area contributed by atoms with E-state index in [2.05, 4.69) is 15.9 Å². The molecule has 1 aromatic carbocycles. The summed E-state index contributed by atoms with van der Waals surface area (Å²) >= 11 is 5.01. The summed E-state index contributed by atoms with van der Waals surface area (Å²) in [6.07, 6.45) is 5.42. The predicted molar refractivity (Wildman–Crippen MR) is 104 cm³/mol. The number of hydrogen-bond acceptors (Lipinski definition) is 4. The van der Waals surface area contributed by atoms with Gasteiger partial charge in [-0.25, -0.2) is 4.98 Å². The van der Waals surface area contributed by atoms with E-state index in [4.69, 9.17) is 9.72 Å². The molecule has 0 bridgehead atoms. The van der Waals surface area contributed by atoms with Crippen molar-refractivity contribution in [2.45, 2.75) is 38.2 Å². The van der Waals surface area contributed by atoms with Gasteiger partial charge in [-0.2, -0.15) is 0 Å².